The Bertz CT molecular complexity index is 1350. The SMILES string of the molecule is COc1ccc2[nH]c(=O)c(CN(C[C@@H]3CCCO3)S(=O)(=O)c3ccccc3C(F)(F)F)cc2c1. The van der Waals surface area contributed by atoms with Crippen molar-refractivity contribution in [3.63, 3.8) is 0 Å². The Morgan fingerprint density at radius 2 is 1.94 bits per heavy atom. The summed E-state index contributed by atoms with van der Waals surface area (Å²) in [7, 11) is -3.14. The van der Waals surface area contributed by atoms with Crippen LogP contribution in [0, 0.1) is 0 Å². The number of aromatic amines is 1. The van der Waals surface area contributed by atoms with Crippen LogP contribution in [0.4, 0.5) is 13.2 Å². The van der Waals surface area contributed by atoms with Gasteiger partial charge < -0.3 is 14.5 Å². The lowest BCUT2D eigenvalue weighted by molar-refractivity contribution is -0.139. The number of nitrogens with zero attached hydrogens (tertiary/aromatic N) is 1. The molecule has 1 fully saturated rings. The quantitative estimate of drug-likeness (QED) is 0.536. The normalized spacial score (nSPS) is 16.9. The largest absolute Gasteiger partial charge is 0.497 e. The molecule has 0 spiro atoms. The number of hydrogen-bond donors (Lipinski definition) is 1. The van der Waals surface area contributed by atoms with Crippen LogP contribution >= 0.6 is 0 Å². The molecule has 0 bridgehead atoms. The van der Waals surface area contributed by atoms with Gasteiger partial charge in [-0.1, -0.05) is 12.1 Å². The van der Waals surface area contributed by atoms with Crippen LogP contribution in [0.15, 0.2) is 58.2 Å². The summed E-state index contributed by atoms with van der Waals surface area (Å²) >= 11 is 0. The molecule has 7 nitrogen and oxygen atoms in total. The first kappa shape index (κ1) is 24.2. The Balaban J connectivity index is 1.78. The standard InChI is InChI=1S/C23H23F3N2O5S/c1-32-17-8-9-20-15(12-17)11-16(22(29)27-20)13-28(14-18-5-4-10-33-18)34(30,31)21-7-3-2-6-19(21)23(24,25)26/h2-3,6-9,11-12,18H,4-5,10,13-14H2,1H3,(H,27,29)/t18-/m0/s1. The van der Waals surface area contributed by atoms with Gasteiger partial charge in [0.15, 0.2) is 0 Å². The highest BCUT2D eigenvalue weighted by Crippen LogP contribution is 2.35. The third-order valence-corrected chi connectivity index (χ3v) is 7.59. The van der Waals surface area contributed by atoms with Crippen LogP contribution in [0.3, 0.4) is 0 Å². The number of fused-ring (bicyclic) bond motifs is 1. The average Bonchev–Trinajstić information content (AvgIpc) is 3.31. The smallest absolute Gasteiger partial charge is 0.417 e. The highest BCUT2D eigenvalue weighted by atomic mass is 32.2. The van der Waals surface area contributed by atoms with Gasteiger partial charge in [0.1, 0.15) is 5.75 Å². The first-order chi connectivity index (χ1) is 16.1. The minimum absolute atomic E-state index is 0.0896. The third-order valence-electron chi connectivity index (χ3n) is 5.72. The third kappa shape index (κ3) is 4.96. The van der Waals surface area contributed by atoms with E-state index in [0.29, 0.717) is 36.1 Å². The van der Waals surface area contributed by atoms with Crippen molar-refractivity contribution in [3.05, 3.63) is 70.0 Å². The molecule has 0 unspecified atom stereocenters. The fourth-order valence-corrected chi connectivity index (χ4v) is 5.65. The van der Waals surface area contributed by atoms with E-state index in [2.05, 4.69) is 4.98 Å². The number of benzene rings is 2. The van der Waals surface area contributed by atoms with E-state index in [9.17, 15) is 26.4 Å². The van der Waals surface area contributed by atoms with E-state index in [1.165, 1.54) is 19.2 Å². The summed E-state index contributed by atoms with van der Waals surface area (Å²) in [5.74, 6) is 0.536. The van der Waals surface area contributed by atoms with Crippen molar-refractivity contribution in [2.24, 2.45) is 0 Å². The number of hydrogen-bond acceptors (Lipinski definition) is 5. The molecule has 1 saturated heterocycles. The van der Waals surface area contributed by atoms with E-state index in [0.717, 1.165) is 22.5 Å². The van der Waals surface area contributed by atoms with E-state index < -0.39 is 44.9 Å². The van der Waals surface area contributed by atoms with Crippen molar-refractivity contribution < 1.29 is 31.1 Å². The molecule has 34 heavy (non-hydrogen) atoms. The predicted octanol–water partition coefficient (Wildman–Crippen LogP) is 3.93. The van der Waals surface area contributed by atoms with E-state index in [1.807, 2.05) is 0 Å². The molecule has 2 heterocycles. The van der Waals surface area contributed by atoms with Gasteiger partial charge in [-0.05, 0) is 49.2 Å². The van der Waals surface area contributed by atoms with Crippen LogP contribution in [-0.4, -0.2) is 44.1 Å². The van der Waals surface area contributed by atoms with Crippen LogP contribution < -0.4 is 10.3 Å². The number of nitrogens with one attached hydrogen (secondary N) is 1. The summed E-state index contributed by atoms with van der Waals surface area (Å²) < 4.78 is 79.5. The molecule has 0 radical (unpaired) electrons. The molecule has 0 saturated carbocycles. The molecule has 182 valence electrons. The maximum absolute atomic E-state index is 13.6. The number of halogens is 3. The molecule has 3 aromatic rings. The van der Waals surface area contributed by atoms with Crippen LogP contribution in [0.1, 0.15) is 24.0 Å². The van der Waals surface area contributed by atoms with Gasteiger partial charge in [0, 0.05) is 36.2 Å². The van der Waals surface area contributed by atoms with Gasteiger partial charge in [0.05, 0.1) is 23.7 Å². The van der Waals surface area contributed by atoms with Gasteiger partial charge in [-0.25, -0.2) is 8.42 Å². The summed E-state index contributed by atoms with van der Waals surface area (Å²) in [6.45, 7) is -0.158. The summed E-state index contributed by atoms with van der Waals surface area (Å²) in [5, 5.41) is 0.596. The summed E-state index contributed by atoms with van der Waals surface area (Å²) in [6.07, 6.45) is -4.06. The second-order valence-electron chi connectivity index (χ2n) is 8.00. The molecular weight excluding hydrogens is 473 g/mol. The zero-order valence-electron chi connectivity index (χ0n) is 18.3. The molecule has 1 aliphatic heterocycles. The zero-order valence-corrected chi connectivity index (χ0v) is 19.1. The molecule has 0 aliphatic carbocycles. The summed E-state index contributed by atoms with van der Waals surface area (Å²) in [5.41, 5.74) is -1.18. The zero-order chi connectivity index (χ0) is 24.5. The second kappa shape index (κ2) is 9.40. The van der Waals surface area contributed by atoms with Crippen LogP contribution in [-0.2, 0) is 27.5 Å². The van der Waals surface area contributed by atoms with Gasteiger partial charge in [0.25, 0.3) is 5.56 Å². The molecule has 11 heteroatoms. The number of sulfonamides is 1. The second-order valence-corrected chi connectivity index (χ2v) is 9.91. The Kier molecular flexibility index (Phi) is 6.70. The first-order valence-electron chi connectivity index (χ1n) is 10.6. The monoisotopic (exact) mass is 496 g/mol. The maximum atomic E-state index is 13.6. The molecule has 1 N–H and O–H groups in total. The van der Waals surface area contributed by atoms with Crippen molar-refractivity contribution in [1.29, 1.82) is 0 Å². The minimum Gasteiger partial charge on any atom is -0.497 e. The number of aromatic nitrogens is 1. The fraction of sp³-hybridized carbons (Fsp3) is 0.348. The van der Waals surface area contributed by atoms with Gasteiger partial charge in [-0.3, -0.25) is 4.79 Å². The molecule has 1 atom stereocenters. The highest BCUT2D eigenvalue weighted by molar-refractivity contribution is 7.89. The lowest BCUT2D eigenvalue weighted by atomic mass is 10.1. The van der Waals surface area contributed by atoms with E-state index >= 15 is 0 Å². The van der Waals surface area contributed by atoms with Gasteiger partial charge in [-0.2, -0.15) is 17.5 Å². The average molecular weight is 497 g/mol. The van der Waals surface area contributed by atoms with Crippen molar-refractivity contribution in [2.75, 3.05) is 20.3 Å². The topological polar surface area (TPSA) is 88.7 Å². The molecular formula is C23H23F3N2O5S. The Morgan fingerprint density at radius 1 is 1.18 bits per heavy atom. The van der Waals surface area contributed by atoms with Crippen molar-refractivity contribution >= 4 is 20.9 Å². The van der Waals surface area contributed by atoms with Crippen LogP contribution in [0.2, 0.25) is 0 Å². The fourth-order valence-electron chi connectivity index (χ4n) is 3.99. The Hall–Kier alpha value is -2.89. The van der Waals surface area contributed by atoms with Crippen LogP contribution in [0.25, 0.3) is 10.9 Å². The number of alkyl halides is 3. The molecule has 4 rings (SSSR count). The lowest BCUT2D eigenvalue weighted by Crippen LogP contribution is -2.39. The number of ether oxygens (including phenoxy) is 2. The predicted molar refractivity (Wildman–Crippen MR) is 119 cm³/mol. The van der Waals surface area contributed by atoms with E-state index in [1.54, 1.807) is 18.2 Å². The van der Waals surface area contributed by atoms with Crippen molar-refractivity contribution in [3.8, 4) is 5.75 Å². The lowest BCUT2D eigenvalue weighted by Gasteiger charge is -2.26. The van der Waals surface area contributed by atoms with E-state index in [4.69, 9.17) is 9.47 Å². The molecule has 2 aromatic carbocycles. The van der Waals surface area contributed by atoms with Gasteiger partial charge >= 0.3 is 6.18 Å². The van der Waals surface area contributed by atoms with Crippen molar-refractivity contribution in [1.82, 2.24) is 9.29 Å². The number of pyridine rings is 1. The van der Waals surface area contributed by atoms with Crippen LogP contribution in [0.5, 0.6) is 5.75 Å². The first-order valence-corrected chi connectivity index (χ1v) is 12.0. The summed E-state index contributed by atoms with van der Waals surface area (Å²) in [6, 6.07) is 10.5. The molecule has 1 aliphatic rings. The Labute approximate surface area is 194 Å². The molecule has 1 aromatic heterocycles. The summed E-state index contributed by atoms with van der Waals surface area (Å²) in [4.78, 5) is 14.6. The number of H-pyrrole nitrogens is 1. The number of rotatable bonds is 7. The highest BCUT2D eigenvalue weighted by Gasteiger charge is 2.39. The van der Waals surface area contributed by atoms with Gasteiger partial charge in [-0.15, -0.1) is 0 Å². The minimum atomic E-state index is -4.86. The Morgan fingerprint density at radius 3 is 2.62 bits per heavy atom. The molecule has 0 amide bonds. The number of methoxy groups -OCH3 is 1. The van der Waals surface area contributed by atoms with Gasteiger partial charge in [0.2, 0.25) is 10.0 Å². The van der Waals surface area contributed by atoms with E-state index in [-0.39, 0.29) is 12.1 Å². The van der Waals surface area contributed by atoms with Crippen molar-refractivity contribution in [2.45, 2.75) is 36.6 Å². The maximum Gasteiger partial charge on any atom is 0.417 e.